The van der Waals surface area contributed by atoms with Crippen molar-refractivity contribution in [3.05, 3.63) is 77.2 Å². The molecular weight excluding hydrogens is 362 g/mol. The molecule has 3 aromatic rings. The van der Waals surface area contributed by atoms with E-state index >= 15 is 0 Å². The van der Waals surface area contributed by atoms with Gasteiger partial charge in [0.05, 0.1) is 11.3 Å². The molecule has 0 atom stereocenters. The van der Waals surface area contributed by atoms with Crippen LogP contribution in [-0.2, 0) is 19.8 Å². The van der Waals surface area contributed by atoms with Crippen molar-refractivity contribution in [3.63, 3.8) is 0 Å². The Hall–Kier alpha value is -3.16. The molecule has 0 spiro atoms. The van der Waals surface area contributed by atoms with Crippen LogP contribution in [0.1, 0.15) is 21.6 Å². The molecule has 0 radical (unpaired) electrons. The Morgan fingerprint density at radius 3 is 2.56 bits per heavy atom. The zero-order valence-electron chi connectivity index (χ0n) is 14.2. The Labute approximate surface area is 152 Å². The van der Waals surface area contributed by atoms with Crippen LogP contribution in [0.3, 0.4) is 0 Å². The molecule has 4 nitrogen and oxygen atoms in total. The lowest BCUT2D eigenvalue weighted by Crippen LogP contribution is -2.25. The highest BCUT2D eigenvalue weighted by Crippen LogP contribution is 2.29. The Morgan fingerprint density at radius 1 is 1.11 bits per heavy atom. The van der Waals surface area contributed by atoms with E-state index in [-0.39, 0.29) is 17.8 Å². The average molecular weight is 377 g/mol. The molecule has 0 saturated carbocycles. The van der Waals surface area contributed by atoms with Gasteiger partial charge in [0.25, 0.3) is 5.91 Å². The second-order valence-corrected chi connectivity index (χ2v) is 5.90. The van der Waals surface area contributed by atoms with Crippen LogP contribution in [0.25, 0.3) is 11.3 Å². The molecule has 8 heteroatoms. The monoisotopic (exact) mass is 377 g/mol. The molecule has 0 aliphatic carbocycles. The number of carbonyl (C=O) groups is 1. The van der Waals surface area contributed by atoms with Crippen molar-refractivity contribution in [2.24, 2.45) is 7.05 Å². The number of benzene rings is 2. The first-order valence-electron chi connectivity index (χ1n) is 7.99. The first-order valence-corrected chi connectivity index (χ1v) is 7.99. The van der Waals surface area contributed by atoms with Crippen molar-refractivity contribution in [2.45, 2.75) is 12.7 Å². The maximum absolute atomic E-state index is 13.9. The topological polar surface area (TPSA) is 46.9 Å². The Balaban J connectivity index is 1.75. The molecule has 0 aliphatic heterocycles. The third kappa shape index (κ3) is 4.16. The molecular formula is C19H15F4N3O. The second kappa shape index (κ2) is 7.22. The zero-order chi connectivity index (χ0) is 19.6. The fraction of sp³-hybridized carbons (Fsp3) is 0.158. The third-order valence-electron chi connectivity index (χ3n) is 3.97. The fourth-order valence-corrected chi connectivity index (χ4v) is 2.61. The van der Waals surface area contributed by atoms with Gasteiger partial charge in [-0.2, -0.15) is 18.3 Å². The minimum Gasteiger partial charge on any atom is -0.347 e. The van der Waals surface area contributed by atoms with Crippen LogP contribution >= 0.6 is 0 Å². The van der Waals surface area contributed by atoms with Gasteiger partial charge in [0.2, 0.25) is 0 Å². The van der Waals surface area contributed by atoms with Crippen molar-refractivity contribution >= 4 is 5.91 Å². The van der Waals surface area contributed by atoms with E-state index in [0.717, 1.165) is 12.1 Å². The number of nitrogens with one attached hydrogen (secondary N) is 1. The Kier molecular flexibility index (Phi) is 4.98. The molecule has 3 rings (SSSR count). The van der Waals surface area contributed by atoms with E-state index in [2.05, 4.69) is 10.4 Å². The van der Waals surface area contributed by atoms with E-state index in [1.807, 2.05) is 0 Å². The molecule has 0 unspecified atom stereocenters. The number of amides is 1. The Bertz CT molecular complexity index is 979. The molecule has 1 aromatic heterocycles. The quantitative estimate of drug-likeness (QED) is 0.694. The summed E-state index contributed by atoms with van der Waals surface area (Å²) >= 11 is 0. The van der Waals surface area contributed by atoms with Gasteiger partial charge in [0, 0.05) is 19.2 Å². The van der Waals surface area contributed by atoms with E-state index < -0.39 is 23.5 Å². The fourth-order valence-electron chi connectivity index (χ4n) is 2.61. The van der Waals surface area contributed by atoms with Crippen molar-refractivity contribution in [3.8, 4) is 11.3 Å². The van der Waals surface area contributed by atoms with Crippen LogP contribution < -0.4 is 5.32 Å². The summed E-state index contributed by atoms with van der Waals surface area (Å²) in [5.74, 6) is -0.989. The van der Waals surface area contributed by atoms with Gasteiger partial charge in [-0.05, 0) is 35.9 Å². The summed E-state index contributed by atoms with van der Waals surface area (Å²) < 4.78 is 53.4. The molecule has 0 bridgehead atoms. The number of carbonyl (C=O) groups excluding carboxylic acids is 1. The number of hydrogen-bond acceptors (Lipinski definition) is 2. The van der Waals surface area contributed by atoms with Crippen LogP contribution in [-0.4, -0.2) is 15.7 Å². The number of rotatable bonds is 4. The maximum Gasteiger partial charge on any atom is 0.416 e. The van der Waals surface area contributed by atoms with E-state index in [9.17, 15) is 22.4 Å². The molecule has 1 heterocycles. The minimum atomic E-state index is -4.45. The van der Waals surface area contributed by atoms with E-state index in [1.54, 1.807) is 18.2 Å². The van der Waals surface area contributed by atoms with Crippen molar-refractivity contribution in [2.75, 3.05) is 0 Å². The van der Waals surface area contributed by atoms with Crippen molar-refractivity contribution < 1.29 is 22.4 Å². The number of aromatic nitrogens is 2. The first kappa shape index (κ1) is 18.6. The number of nitrogens with zero attached hydrogens (tertiary/aromatic N) is 2. The van der Waals surface area contributed by atoms with Gasteiger partial charge in [-0.1, -0.05) is 24.3 Å². The number of hydrogen-bond donors (Lipinski definition) is 1. The average Bonchev–Trinajstić information content (AvgIpc) is 3.01. The van der Waals surface area contributed by atoms with Crippen LogP contribution in [0, 0.1) is 5.82 Å². The van der Waals surface area contributed by atoms with Gasteiger partial charge in [-0.15, -0.1) is 0 Å². The standard InChI is InChI=1S/C19H15F4N3O/c1-26-17(10-16(25-26)14-7-2-3-8-15(14)20)18(27)24-11-12-5-4-6-13(9-12)19(21,22)23/h2-10H,11H2,1H3,(H,24,27). The number of alkyl halides is 3. The highest BCUT2D eigenvalue weighted by molar-refractivity contribution is 5.93. The predicted molar refractivity (Wildman–Crippen MR) is 91.2 cm³/mol. The van der Waals surface area contributed by atoms with E-state index in [0.29, 0.717) is 11.3 Å². The van der Waals surface area contributed by atoms with Gasteiger partial charge >= 0.3 is 6.18 Å². The van der Waals surface area contributed by atoms with Gasteiger partial charge in [0.15, 0.2) is 0 Å². The lowest BCUT2D eigenvalue weighted by atomic mass is 10.1. The molecule has 1 amide bonds. The largest absolute Gasteiger partial charge is 0.416 e. The molecule has 0 saturated heterocycles. The lowest BCUT2D eigenvalue weighted by Gasteiger charge is -2.09. The van der Waals surface area contributed by atoms with Crippen molar-refractivity contribution in [1.82, 2.24) is 15.1 Å². The second-order valence-electron chi connectivity index (χ2n) is 5.90. The Morgan fingerprint density at radius 2 is 1.85 bits per heavy atom. The van der Waals surface area contributed by atoms with Gasteiger partial charge in [-0.3, -0.25) is 9.48 Å². The maximum atomic E-state index is 13.9. The smallest absolute Gasteiger partial charge is 0.347 e. The molecule has 0 fully saturated rings. The van der Waals surface area contributed by atoms with E-state index in [4.69, 9.17) is 0 Å². The summed E-state index contributed by atoms with van der Waals surface area (Å²) in [4.78, 5) is 12.4. The van der Waals surface area contributed by atoms with E-state index in [1.165, 1.54) is 36.0 Å². The summed E-state index contributed by atoms with van der Waals surface area (Å²) in [6.45, 7) is -0.0804. The van der Waals surface area contributed by atoms with Gasteiger partial charge < -0.3 is 5.32 Å². The SMILES string of the molecule is Cn1nc(-c2ccccc2F)cc1C(=O)NCc1cccc(C(F)(F)F)c1. The highest BCUT2D eigenvalue weighted by Gasteiger charge is 2.30. The van der Waals surface area contributed by atoms with Gasteiger partial charge in [-0.25, -0.2) is 4.39 Å². The highest BCUT2D eigenvalue weighted by atomic mass is 19.4. The molecule has 1 N–H and O–H groups in total. The summed E-state index contributed by atoms with van der Waals surface area (Å²) in [6.07, 6.45) is -4.45. The minimum absolute atomic E-state index is 0.0804. The summed E-state index contributed by atoms with van der Waals surface area (Å²) in [5, 5.41) is 6.68. The zero-order valence-corrected chi connectivity index (χ0v) is 14.2. The molecule has 2 aromatic carbocycles. The molecule has 0 aliphatic rings. The van der Waals surface area contributed by atoms with Crippen LogP contribution in [0.5, 0.6) is 0 Å². The first-order chi connectivity index (χ1) is 12.8. The van der Waals surface area contributed by atoms with Crippen molar-refractivity contribution in [1.29, 1.82) is 0 Å². The lowest BCUT2D eigenvalue weighted by molar-refractivity contribution is -0.137. The molecule has 140 valence electrons. The van der Waals surface area contributed by atoms with Crippen LogP contribution in [0.4, 0.5) is 17.6 Å². The third-order valence-corrected chi connectivity index (χ3v) is 3.97. The predicted octanol–water partition coefficient (Wildman–Crippen LogP) is 4.18. The molecule has 27 heavy (non-hydrogen) atoms. The summed E-state index contributed by atoms with van der Waals surface area (Å²) in [6, 6.07) is 12.2. The normalized spacial score (nSPS) is 11.4. The number of aryl methyl sites for hydroxylation is 1. The van der Waals surface area contributed by atoms with Gasteiger partial charge in [0.1, 0.15) is 11.5 Å². The van der Waals surface area contributed by atoms with Crippen LogP contribution in [0.15, 0.2) is 54.6 Å². The summed E-state index contributed by atoms with van der Waals surface area (Å²) in [7, 11) is 1.53. The number of halogens is 4. The summed E-state index contributed by atoms with van der Waals surface area (Å²) in [5.41, 5.74) is 0.247. The van der Waals surface area contributed by atoms with Crippen LogP contribution in [0.2, 0.25) is 0 Å².